The summed E-state index contributed by atoms with van der Waals surface area (Å²) in [6.45, 7) is 4.07. The highest BCUT2D eigenvalue weighted by molar-refractivity contribution is 6.06. The number of rotatable bonds is 8. The van der Waals surface area contributed by atoms with E-state index in [9.17, 15) is 14.4 Å². The number of aromatic nitrogens is 3. The Kier molecular flexibility index (Phi) is 7.09. The van der Waals surface area contributed by atoms with E-state index in [2.05, 4.69) is 9.97 Å². The SMILES string of the molecule is CCCCn1c(N)c(N(Cc2ccccc2OC)C(=O)c2cccc(C)n2)c(=O)[nH]c1=O. The lowest BCUT2D eigenvalue weighted by atomic mass is 10.1. The van der Waals surface area contributed by atoms with Crippen LogP contribution in [0.3, 0.4) is 0 Å². The van der Waals surface area contributed by atoms with Gasteiger partial charge < -0.3 is 10.5 Å². The Morgan fingerprint density at radius 3 is 2.62 bits per heavy atom. The fourth-order valence-corrected chi connectivity index (χ4v) is 3.43. The molecule has 0 aliphatic carbocycles. The number of benzene rings is 1. The summed E-state index contributed by atoms with van der Waals surface area (Å²) in [5.74, 6) is -0.0302. The number of nitrogen functional groups attached to an aromatic ring is 1. The molecule has 0 atom stereocenters. The third kappa shape index (κ3) is 4.72. The molecule has 0 aliphatic heterocycles. The number of hydrogen-bond acceptors (Lipinski definition) is 6. The van der Waals surface area contributed by atoms with E-state index in [-0.39, 0.29) is 23.7 Å². The number of methoxy groups -OCH3 is 1. The number of carbonyl (C=O) groups is 1. The molecule has 1 amide bonds. The van der Waals surface area contributed by atoms with Crippen molar-refractivity contribution in [2.75, 3.05) is 17.7 Å². The summed E-state index contributed by atoms with van der Waals surface area (Å²) in [5.41, 5.74) is 6.33. The zero-order valence-electron chi connectivity index (χ0n) is 18.4. The van der Waals surface area contributed by atoms with E-state index in [1.54, 1.807) is 43.3 Å². The molecule has 9 nitrogen and oxygen atoms in total. The molecule has 1 aromatic carbocycles. The maximum absolute atomic E-state index is 13.5. The van der Waals surface area contributed by atoms with Crippen LogP contribution in [0.2, 0.25) is 0 Å². The summed E-state index contributed by atoms with van der Waals surface area (Å²) in [6.07, 6.45) is 1.52. The highest BCUT2D eigenvalue weighted by atomic mass is 16.5. The number of amides is 1. The number of H-pyrrole nitrogens is 1. The summed E-state index contributed by atoms with van der Waals surface area (Å²) >= 11 is 0. The predicted octanol–water partition coefficient (Wildman–Crippen LogP) is 2.48. The van der Waals surface area contributed by atoms with Gasteiger partial charge in [0.2, 0.25) is 0 Å². The Hall–Kier alpha value is -3.88. The van der Waals surface area contributed by atoms with Crippen molar-refractivity contribution in [1.29, 1.82) is 0 Å². The van der Waals surface area contributed by atoms with Crippen molar-refractivity contribution in [2.24, 2.45) is 0 Å². The highest BCUT2D eigenvalue weighted by Crippen LogP contribution is 2.26. The normalized spacial score (nSPS) is 10.7. The Morgan fingerprint density at radius 2 is 1.94 bits per heavy atom. The number of unbranched alkanes of at least 4 members (excludes halogenated alkanes) is 1. The minimum absolute atomic E-state index is 0.00225. The average molecular weight is 438 g/mol. The van der Waals surface area contributed by atoms with Gasteiger partial charge in [-0.2, -0.15) is 0 Å². The maximum atomic E-state index is 13.5. The number of nitrogens with one attached hydrogen (secondary N) is 1. The second kappa shape index (κ2) is 9.95. The minimum atomic E-state index is -0.740. The molecule has 9 heteroatoms. The van der Waals surface area contributed by atoms with Crippen molar-refractivity contribution in [3.05, 3.63) is 80.3 Å². The number of nitrogens with zero attached hydrogens (tertiary/aromatic N) is 3. The van der Waals surface area contributed by atoms with Gasteiger partial charge in [0.1, 0.15) is 17.3 Å². The summed E-state index contributed by atoms with van der Waals surface area (Å²) in [5, 5.41) is 0. The van der Waals surface area contributed by atoms with Crippen LogP contribution < -0.4 is 26.6 Å². The van der Waals surface area contributed by atoms with E-state index in [0.29, 0.717) is 30.0 Å². The number of nitrogens with two attached hydrogens (primary N) is 1. The summed E-state index contributed by atoms with van der Waals surface area (Å²) in [7, 11) is 1.53. The number of para-hydroxylation sites is 1. The number of ether oxygens (including phenoxy) is 1. The topological polar surface area (TPSA) is 123 Å². The van der Waals surface area contributed by atoms with Gasteiger partial charge in [-0.1, -0.05) is 37.6 Å². The van der Waals surface area contributed by atoms with Crippen LogP contribution in [0.4, 0.5) is 11.5 Å². The molecule has 168 valence electrons. The number of hydrogen-bond donors (Lipinski definition) is 2. The minimum Gasteiger partial charge on any atom is -0.496 e. The quantitative estimate of drug-likeness (QED) is 0.558. The second-order valence-corrected chi connectivity index (χ2v) is 7.37. The van der Waals surface area contributed by atoms with E-state index < -0.39 is 17.2 Å². The van der Waals surface area contributed by atoms with Gasteiger partial charge in [-0.05, 0) is 31.5 Å². The van der Waals surface area contributed by atoms with Crippen molar-refractivity contribution >= 4 is 17.4 Å². The van der Waals surface area contributed by atoms with E-state index in [1.165, 1.54) is 16.6 Å². The van der Waals surface area contributed by atoms with Crippen molar-refractivity contribution in [1.82, 2.24) is 14.5 Å². The average Bonchev–Trinajstić information content (AvgIpc) is 2.78. The van der Waals surface area contributed by atoms with E-state index in [0.717, 1.165) is 6.42 Å². The Balaban J connectivity index is 2.20. The van der Waals surface area contributed by atoms with Gasteiger partial charge in [0.05, 0.1) is 13.7 Å². The monoisotopic (exact) mass is 437 g/mol. The van der Waals surface area contributed by atoms with Gasteiger partial charge in [-0.3, -0.25) is 24.0 Å². The largest absolute Gasteiger partial charge is 0.496 e. The predicted molar refractivity (Wildman–Crippen MR) is 123 cm³/mol. The van der Waals surface area contributed by atoms with Gasteiger partial charge in [0, 0.05) is 17.8 Å². The van der Waals surface area contributed by atoms with Crippen LogP contribution in [0.5, 0.6) is 5.75 Å². The first-order chi connectivity index (χ1) is 15.4. The molecule has 32 heavy (non-hydrogen) atoms. The molecule has 2 aromatic heterocycles. The van der Waals surface area contributed by atoms with Crippen LogP contribution in [0.25, 0.3) is 0 Å². The van der Waals surface area contributed by atoms with Gasteiger partial charge in [0.25, 0.3) is 11.5 Å². The first-order valence-corrected chi connectivity index (χ1v) is 10.4. The van der Waals surface area contributed by atoms with Crippen molar-refractivity contribution < 1.29 is 9.53 Å². The molecule has 0 saturated heterocycles. The molecule has 2 heterocycles. The van der Waals surface area contributed by atoms with E-state index in [1.807, 2.05) is 13.0 Å². The lowest BCUT2D eigenvalue weighted by Crippen LogP contribution is -2.41. The lowest BCUT2D eigenvalue weighted by molar-refractivity contribution is 0.0979. The Bertz CT molecular complexity index is 1230. The molecular weight excluding hydrogens is 410 g/mol. The molecule has 0 radical (unpaired) electrons. The summed E-state index contributed by atoms with van der Waals surface area (Å²) in [4.78, 5) is 46.7. The third-order valence-corrected chi connectivity index (χ3v) is 5.09. The maximum Gasteiger partial charge on any atom is 0.330 e. The third-order valence-electron chi connectivity index (χ3n) is 5.09. The highest BCUT2D eigenvalue weighted by Gasteiger charge is 2.27. The number of anilines is 2. The fraction of sp³-hybridized carbons (Fsp3) is 0.304. The molecule has 3 aromatic rings. The molecule has 0 fully saturated rings. The molecule has 3 N–H and O–H groups in total. The lowest BCUT2D eigenvalue weighted by Gasteiger charge is -2.25. The molecule has 0 bridgehead atoms. The van der Waals surface area contributed by atoms with Gasteiger partial charge in [-0.25, -0.2) is 9.78 Å². The first-order valence-electron chi connectivity index (χ1n) is 10.4. The number of aromatic amines is 1. The molecule has 0 spiro atoms. The van der Waals surface area contributed by atoms with Crippen LogP contribution >= 0.6 is 0 Å². The van der Waals surface area contributed by atoms with Crippen LogP contribution in [-0.4, -0.2) is 27.6 Å². The molecule has 3 rings (SSSR count). The van der Waals surface area contributed by atoms with Crippen LogP contribution in [0.15, 0.2) is 52.1 Å². The smallest absolute Gasteiger partial charge is 0.330 e. The van der Waals surface area contributed by atoms with Crippen LogP contribution in [-0.2, 0) is 13.1 Å². The van der Waals surface area contributed by atoms with Crippen LogP contribution in [0, 0.1) is 6.92 Å². The van der Waals surface area contributed by atoms with Crippen molar-refractivity contribution in [3.8, 4) is 5.75 Å². The molecule has 0 saturated carbocycles. The number of pyridine rings is 1. The molecule has 0 aliphatic rings. The van der Waals surface area contributed by atoms with Gasteiger partial charge >= 0.3 is 5.69 Å². The second-order valence-electron chi connectivity index (χ2n) is 7.37. The van der Waals surface area contributed by atoms with Crippen molar-refractivity contribution in [3.63, 3.8) is 0 Å². The Morgan fingerprint density at radius 1 is 1.19 bits per heavy atom. The molecular formula is C23H27N5O4. The fourth-order valence-electron chi connectivity index (χ4n) is 3.43. The van der Waals surface area contributed by atoms with E-state index in [4.69, 9.17) is 10.5 Å². The zero-order chi connectivity index (χ0) is 23.3. The number of aryl methyl sites for hydroxylation is 1. The van der Waals surface area contributed by atoms with Gasteiger partial charge in [-0.15, -0.1) is 0 Å². The summed E-state index contributed by atoms with van der Waals surface area (Å²) in [6, 6.07) is 12.2. The van der Waals surface area contributed by atoms with Crippen molar-refractivity contribution in [2.45, 2.75) is 39.8 Å². The molecule has 0 unspecified atom stereocenters. The summed E-state index contributed by atoms with van der Waals surface area (Å²) < 4.78 is 6.70. The number of carbonyl (C=O) groups excluding carboxylic acids is 1. The standard InChI is InChI=1S/C23H27N5O4/c1-4-5-13-27-20(24)19(21(29)26-23(27)31)28(14-16-10-6-7-12-18(16)32-3)22(30)17-11-8-9-15(2)25-17/h6-12H,4-5,13-14,24H2,1-3H3,(H,26,29,31). The van der Waals surface area contributed by atoms with Crippen LogP contribution in [0.1, 0.15) is 41.5 Å². The van der Waals surface area contributed by atoms with E-state index >= 15 is 0 Å². The first kappa shape index (κ1) is 22.8. The zero-order valence-corrected chi connectivity index (χ0v) is 18.4. The Labute approximate surface area is 185 Å². The van der Waals surface area contributed by atoms with Gasteiger partial charge in [0.15, 0.2) is 5.69 Å².